The molecule has 2 aromatic rings. The first-order valence-corrected chi connectivity index (χ1v) is 8.45. The highest BCUT2D eigenvalue weighted by atomic mass is 35.5. The molecule has 0 bridgehead atoms. The summed E-state index contributed by atoms with van der Waals surface area (Å²) >= 11 is 7.86. The van der Waals surface area contributed by atoms with Gasteiger partial charge in [0.15, 0.2) is 0 Å². The monoisotopic (exact) mass is 321 g/mol. The molecule has 0 saturated heterocycles. The Morgan fingerprint density at radius 1 is 1.24 bits per heavy atom. The van der Waals surface area contributed by atoms with Crippen LogP contribution in [0.1, 0.15) is 36.6 Å². The van der Waals surface area contributed by atoms with Crippen LogP contribution >= 0.6 is 23.4 Å². The Balaban J connectivity index is 1.84. The average Bonchev–Trinajstić information content (AvgIpc) is 2.49. The number of thioether (sulfide) groups is 1. The quantitative estimate of drug-likeness (QED) is 0.816. The molecule has 1 unspecified atom stereocenters. The van der Waals surface area contributed by atoms with E-state index in [4.69, 9.17) is 11.6 Å². The van der Waals surface area contributed by atoms with Gasteiger partial charge in [-0.25, -0.2) is 4.39 Å². The maximum Gasteiger partial charge on any atom is 0.137 e. The largest absolute Gasteiger partial charge is 0.303 e. The number of nitrogens with one attached hydrogen (secondary N) is 1. The first-order chi connectivity index (χ1) is 10.2. The van der Waals surface area contributed by atoms with Crippen LogP contribution in [0.15, 0.2) is 47.4 Å². The zero-order chi connectivity index (χ0) is 14.8. The molecule has 1 nitrogen and oxygen atoms in total. The molecule has 110 valence electrons. The van der Waals surface area contributed by atoms with Crippen molar-refractivity contribution in [3.63, 3.8) is 0 Å². The summed E-state index contributed by atoms with van der Waals surface area (Å²) < 4.78 is 13.9. The molecular formula is C17H17ClFNS. The molecule has 1 heterocycles. The predicted octanol–water partition coefficient (Wildman–Crippen LogP) is 5.37. The topological polar surface area (TPSA) is 12.0 Å². The third kappa shape index (κ3) is 3.10. The number of benzene rings is 2. The maximum absolute atomic E-state index is 13.9. The van der Waals surface area contributed by atoms with Crippen molar-refractivity contribution in [3.8, 4) is 0 Å². The molecule has 2 atom stereocenters. The van der Waals surface area contributed by atoms with Gasteiger partial charge in [0, 0.05) is 22.0 Å². The molecule has 0 aromatic heterocycles. The summed E-state index contributed by atoms with van der Waals surface area (Å²) in [6.07, 6.45) is 0.996. The molecule has 3 rings (SSSR count). The SMILES string of the molecule is C[C@H](NC1CCSc2c(F)cccc21)c1ccccc1Cl. The Morgan fingerprint density at radius 2 is 2.05 bits per heavy atom. The summed E-state index contributed by atoms with van der Waals surface area (Å²) in [4.78, 5) is 0.785. The van der Waals surface area contributed by atoms with Crippen molar-refractivity contribution in [2.45, 2.75) is 30.3 Å². The van der Waals surface area contributed by atoms with Gasteiger partial charge in [0.25, 0.3) is 0 Å². The molecule has 0 aliphatic carbocycles. The Morgan fingerprint density at radius 3 is 2.86 bits per heavy atom. The minimum atomic E-state index is -0.116. The van der Waals surface area contributed by atoms with Crippen LogP contribution in [0.2, 0.25) is 5.02 Å². The van der Waals surface area contributed by atoms with Gasteiger partial charge < -0.3 is 5.32 Å². The summed E-state index contributed by atoms with van der Waals surface area (Å²) in [5.74, 6) is 0.815. The number of halogens is 2. The fourth-order valence-electron chi connectivity index (χ4n) is 2.78. The van der Waals surface area contributed by atoms with Gasteiger partial charge in [-0.05, 0) is 42.4 Å². The van der Waals surface area contributed by atoms with Gasteiger partial charge in [-0.3, -0.25) is 0 Å². The molecule has 4 heteroatoms. The Bertz CT molecular complexity index is 646. The molecule has 0 radical (unpaired) electrons. The number of fused-ring (bicyclic) bond motifs is 1. The Labute approximate surface area is 133 Å². The van der Waals surface area contributed by atoms with E-state index in [9.17, 15) is 4.39 Å². The minimum absolute atomic E-state index is 0.116. The summed E-state index contributed by atoms with van der Waals surface area (Å²) in [6.45, 7) is 2.10. The molecule has 1 N–H and O–H groups in total. The van der Waals surface area contributed by atoms with Crippen molar-refractivity contribution < 1.29 is 4.39 Å². The van der Waals surface area contributed by atoms with Crippen LogP contribution in [0.3, 0.4) is 0 Å². The molecule has 0 spiro atoms. The molecule has 0 fully saturated rings. The Kier molecular flexibility index (Phi) is 4.53. The van der Waals surface area contributed by atoms with Crippen molar-refractivity contribution in [3.05, 3.63) is 64.4 Å². The van der Waals surface area contributed by atoms with E-state index in [1.807, 2.05) is 30.3 Å². The van der Waals surface area contributed by atoms with E-state index >= 15 is 0 Å². The van der Waals surface area contributed by atoms with Crippen molar-refractivity contribution in [1.82, 2.24) is 5.32 Å². The van der Waals surface area contributed by atoms with Gasteiger partial charge in [-0.1, -0.05) is 41.9 Å². The molecule has 1 aliphatic heterocycles. The van der Waals surface area contributed by atoms with Crippen molar-refractivity contribution >= 4 is 23.4 Å². The number of rotatable bonds is 3. The lowest BCUT2D eigenvalue weighted by molar-refractivity contribution is 0.444. The second-order valence-corrected chi connectivity index (χ2v) is 6.77. The molecule has 2 aromatic carbocycles. The highest BCUT2D eigenvalue weighted by Crippen LogP contribution is 2.39. The van der Waals surface area contributed by atoms with E-state index in [1.165, 1.54) is 6.07 Å². The van der Waals surface area contributed by atoms with Crippen molar-refractivity contribution in [1.29, 1.82) is 0 Å². The van der Waals surface area contributed by atoms with E-state index < -0.39 is 0 Å². The summed E-state index contributed by atoms with van der Waals surface area (Å²) in [5, 5.41) is 4.36. The van der Waals surface area contributed by atoms with Crippen LogP contribution in [0.5, 0.6) is 0 Å². The Hall–Kier alpha value is -1.03. The third-order valence-electron chi connectivity index (χ3n) is 3.85. The maximum atomic E-state index is 13.9. The summed E-state index contributed by atoms with van der Waals surface area (Å²) in [5.41, 5.74) is 2.14. The van der Waals surface area contributed by atoms with Crippen molar-refractivity contribution in [2.24, 2.45) is 0 Å². The van der Waals surface area contributed by atoms with Gasteiger partial charge in [0.2, 0.25) is 0 Å². The number of hydrogen-bond donors (Lipinski definition) is 1. The predicted molar refractivity (Wildman–Crippen MR) is 87.5 cm³/mol. The number of hydrogen-bond acceptors (Lipinski definition) is 2. The fraction of sp³-hybridized carbons (Fsp3) is 0.294. The van der Waals surface area contributed by atoms with Crippen LogP contribution in [0.25, 0.3) is 0 Å². The van der Waals surface area contributed by atoms with E-state index in [-0.39, 0.29) is 17.9 Å². The van der Waals surface area contributed by atoms with Gasteiger partial charge in [0.1, 0.15) is 5.82 Å². The van der Waals surface area contributed by atoms with Crippen molar-refractivity contribution in [2.75, 3.05) is 5.75 Å². The van der Waals surface area contributed by atoms with Crippen LogP contribution < -0.4 is 5.32 Å². The molecular weight excluding hydrogens is 305 g/mol. The van der Waals surface area contributed by atoms with E-state index in [1.54, 1.807) is 17.8 Å². The van der Waals surface area contributed by atoms with Crippen LogP contribution in [-0.4, -0.2) is 5.75 Å². The molecule has 0 saturated carbocycles. The third-order valence-corrected chi connectivity index (χ3v) is 5.35. The minimum Gasteiger partial charge on any atom is -0.303 e. The lowest BCUT2D eigenvalue weighted by Crippen LogP contribution is -2.27. The molecule has 21 heavy (non-hydrogen) atoms. The molecule has 0 amide bonds. The van der Waals surface area contributed by atoms with Gasteiger partial charge in [-0.15, -0.1) is 11.8 Å². The fourth-order valence-corrected chi connectivity index (χ4v) is 4.22. The van der Waals surface area contributed by atoms with Gasteiger partial charge in [0.05, 0.1) is 0 Å². The van der Waals surface area contributed by atoms with Crippen LogP contribution in [-0.2, 0) is 0 Å². The lowest BCUT2D eigenvalue weighted by Gasteiger charge is -2.29. The smallest absolute Gasteiger partial charge is 0.137 e. The van der Waals surface area contributed by atoms with Crippen LogP contribution in [0.4, 0.5) is 4.39 Å². The lowest BCUT2D eigenvalue weighted by atomic mass is 10.0. The zero-order valence-corrected chi connectivity index (χ0v) is 13.3. The second kappa shape index (κ2) is 6.39. The summed E-state index contributed by atoms with van der Waals surface area (Å²) in [7, 11) is 0. The molecule has 1 aliphatic rings. The summed E-state index contributed by atoms with van der Waals surface area (Å²) in [6, 6.07) is 13.5. The van der Waals surface area contributed by atoms with E-state index in [2.05, 4.69) is 12.2 Å². The second-order valence-electron chi connectivity index (χ2n) is 5.26. The first kappa shape index (κ1) is 14.9. The first-order valence-electron chi connectivity index (χ1n) is 7.08. The highest BCUT2D eigenvalue weighted by molar-refractivity contribution is 7.99. The van der Waals surface area contributed by atoms with Gasteiger partial charge in [-0.2, -0.15) is 0 Å². The zero-order valence-electron chi connectivity index (χ0n) is 11.8. The van der Waals surface area contributed by atoms with E-state index in [0.717, 1.165) is 33.2 Å². The highest BCUT2D eigenvalue weighted by Gasteiger charge is 2.24. The van der Waals surface area contributed by atoms with Crippen LogP contribution in [0, 0.1) is 5.82 Å². The van der Waals surface area contributed by atoms with Gasteiger partial charge >= 0.3 is 0 Å². The normalized spacial score (nSPS) is 19.1. The average molecular weight is 322 g/mol. The standard InChI is InChI=1S/C17H17ClFNS/c1-11(12-5-2-3-7-14(12)18)20-16-9-10-21-17-13(16)6-4-8-15(17)19/h2-8,11,16,20H,9-10H2,1H3/t11-,16?/m0/s1. The van der Waals surface area contributed by atoms with E-state index in [0.29, 0.717) is 0 Å².